The molecule has 0 aromatic heterocycles. The van der Waals surface area contributed by atoms with Crippen LogP contribution < -0.4 is 20.7 Å². The maximum atomic E-state index is 13.6. The number of carbonyl (C=O) groups is 5. The molecule has 1 fully saturated rings. The van der Waals surface area contributed by atoms with Crippen LogP contribution in [0.2, 0.25) is 0 Å². The van der Waals surface area contributed by atoms with Crippen LogP contribution in [-0.4, -0.2) is 85.0 Å². The third kappa shape index (κ3) is 13.3. The molecule has 0 bridgehead atoms. The van der Waals surface area contributed by atoms with E-state index in [9.17, 15) is 47.7 Å². The van der Waals surface area contributed by atoms with E-state index in [4.69, 9.17) is 4.74 Å². The first-order valence-electron chi connectivity index (χ1n) is 16.4. The molecular weight excluding hydrogens is 672 g/mol. The molecule has 0 heterocycles. The fraction of sp³-hybridized carbons (Fsp3) is 0.500. The van der Waals surface area contributed by atoms with Crippen molar-refractivity contribution in [1.29, 1.82) is 0 Å². The van der Waals surface area contributed by atoms with Gasteiger partial charge in [-0.15, -0.1) is 0 Å². The van der Waals surface area contributed by atoms with Crippen LogP contribution in [0.4, 0.5) is 4.79 Å². The van der Waals surface area contributed by atoms with Gasteiger partial charge >= 0.3 is 18.0 Å². The molecule has 16 heteroatoms. The van der Waals surface area contributed by atoms with Crippen LogP contribution in [0, 0.1) is 11.3 Å². The van der Waals surface area contributed by atoms with Crippen LogP contribution in [0.15, 0.2) is 54.6 Å². The van der Waals surface area contributed by atoms with E-state index in [0.717, 1.165) is 11.8 Å². The maximum Gasteiger partial charge on any atom is 0.407 e. The first-order chi connectivity index (χ1) is 23.7. The zero-order valence-corrected chi connectivity index (χ0v) is 28.7. The lowest BCUT2D eigenvalue weighted by Gasteiger charge is -2.32. The van der Waals surface area contributed by atoms with Crippen molar-refractivity contribution in [2.24, 2.45) is 11.3 Å². The van der Waals surface area contributed by atoms with Crippen molar-refractivity contribution < 1.29 is 52.4 Å². The highest BCUT2D eigenvalue weighted by Crippen LogP contribution is 2.43. The van der Waals surface area contributed by atoms with Crippen LogP contribution >= 0.6 is 0 Å². The van der Waals surface area contributed by atoms with Crippen molar-refractivity contribution >= 4 is 39.9 Å². The lowest BCUT2D eigenvalue weighted by molar-refractivity contribution is -0.147. The molecule has 0 saturated heterocycles. The molecule has 15 nitrogen and oxygen atoms in total. The van der Waals surface area contributed by atoms with E-state index in [-0.39, 0.29) is 38.2 Å². The van der Waals surface area contributed by atoms with Gasteiger partial charge in [0.15, 0.2) is 0 Å². The minimum Gasteiger partial charge on any atom is -0.508 e. The monoisotopic (exact) mass is 718 g/mol. The number of hydrogen-bond acceptors (Lipinski definition) is 9. The van der Waals surface area contributed by atoms with Gasteiger partial charge in [0.25, 0.3) is 0 Å². The van der Waals surface area contributed by atoms with E-state index >= 15 is 0 Å². The van der Waals surface area contributed by atoms with Gasteiger partial charge in [-0.1, -0.05) is 55.3 Å². The Kier molecular flexibility index (Phi) is 15.0. The summed E-state index contributed by atoms with van der Waals surface area (Å²) in [6.45, 7) is -0.0836. The number of aromatic hydroxyl groups is 1. The van der Waals surface area contributed by atoms with Crippen molar-refractivity contribution in [2.45, 2.75) is 76.5 Å². The summed E-state index contributed by atoms with van der Waals surface area (Å²) in [7, 11) is -3.83. The number of phenolic OH excluding ortho intramolecular Hbond substituents is 1. The number of hydrogen-bond donors (Lipinski definition) is 7. The number of benzene rings is 2. The van der Waals surface area contributed by atoms with Crippen molar-refractivity contribution in [3.05, 3.63) is 65.7 Å². The molecule has 0 radical (unpaired) electrons. The Morgan fingerprint density at radius 3 is 2.12 bits per heavy atom. The van der Waals surface area contributed by atoms with E-state index in [0.29, 0.717) is 44.1 Å². The van der Waals surface area contributed by atoms with Crippen LogP contribution in [0.1, 0.15) is 62.5 Å². The number of amides is 3. The van der Waals surface area contributed by atoms with Crippen molar-refractivity contribution in [3.8, 4) is 5.75 Å². The molecule has 0 spiro atoms. The average Bonchev–Trinajstić information content (AvgIpc) is 3.55. The number of nitrogens with one attached hydrogen (secondary N) is 4. The highest BCUT2D eigenvalue weighted by molar-refractivity contribution is 7.88. The largest absolute Gasteiger partial charge is 0.508 e. The molecule has 3 atom stereocenters. The van der Waals surface area contributed by atoms with Gasteiger partial charge in [0.05, 0.1) is 17.6 Å². The number of carbonyl (C=O) groups excluding carboxylic acids is 3. The van der Waals surface area contributed by atoms with Gasteiger partial charge < -0.3 is 36.0 Å². The van der Waals surface area contributed by atoms with Crippen LogP contribution in [-0.2, 0) is 47.0 Å². The molecule has 274 valence electrons. The number of aliphatic carboxylic acids is 2. The average molecular weight is 719 g/mol. The molecule has 3 amide bonds. The number of carboxylic acids is 2. The van der Waals surface area contributed by atoms with E-state index in [1.165, 1.54) is 12.1 Å². The molecular formula is C34H46N4O11S. The summed E-state index contributed by atoms with van der Waals surface area (Å²) in [6, 6.07) is 12.5. The van der Waals surface area contributed by atoms with Crippen molar-refractivity contribution in [1.82, 2.24) is 20.7 Å². The first-order valence-corrected chi connectivity index (χ1v) is 18.3. The van der Waals surface area contributed by atoms with Crippen LogP contribution in [0.5, 0.6) is 5.75 Å². The standard InChI is InChI=1S/C34H46N4O11S/c1-50(47,48)38-27(11-5-8-18-35-33(46)49-22-24-9-3-2-4-10-24)29(40)36-21-25(30(41)42)20-34(16-6-7-17-34)32(45)37-28(31(43)44)19-23-12-14-26(39)15-13-23/h2-4,9-10,12-15,25,27-28,38-39H,5-8,11,16-22H2,1H3,(H,35,46)(H,36,40)(H,37,45)(H,41,42)(H,43,44)/t25-,27-,28-/m0/s1. The molecule has 0 aliphatic heterocycles. The number of rotatable bonds is 20. The molecule has 1 saturated carbocycles. The number of carboxylic acid groups (broad SMARTS) is 2. The predicted octanol–water partition coefficient (Wildman–Crippen LogP) is 2.29. The van der Waals surface area contributed by atoms with Crippen molar-refractivity contribution in [3.63, 3.8) is 0 Å². The number of alkyl carbamates (subject to hydrolysis) is 1. The number of sulfonamides is 1. The Bertz CT molecular complexity index is 1560. The summed E-state index contributed by atoms with van der Waals surface area (Å²) in [4.78, 5) is 63.1. The number of phenols is 1. The highest BCUT2D eigenvalue weighted by atomic mass is 32.2. The lowest BCUT2D eigenvalue weighted by atomic mass is 9.76. The van der Waals surface area contributed by atoms with Gasteiger partial charge in [0.2, 0.25) is 21.8 Å². The molecule has 7 N–H and O–H groups in total. The van der Waals surface area contributed by atoms with Gasteiger partial charge in [0.1, 0.15) is 24.4 Å². The summed E-state index contributed by atoms with van der Waals surface area (Å²) in [6.07, 6.45) is 2.74. The van der Waals surface area contributed by atoms with E-state index in [2.05, 4.69) is 20.7 Å². The van der Waals surface area contributed by atoms with Gasteiger partial charge in [-0.3, -0.25) is 14.4 Å². The molecule has 1 aliphatic carbocycles. The lowest BCUT2D eigenvalue weighted by Crippen LogP contribution is -2.51. The first kappa shape index (κ1) is 39.7. The second kappa shape index (κ2) is 18.9. The zero-order valence-electron chi connectivity index (χ0n) is 27.9. The second-order valence-corrected chi connectivity index (χ2v) is 14.4. The fourth-order valence-corrected chi connectivity index (χ4v) is 6.70. The van der Waals surface area contributed by atoms with Gasteiger partial charge in [0, 0.05) is 19.5 Å². The Morgan fingerprint density at radius 1 is 0.860 bits per heavy atom. The second-order valence-electron chi connectivity index (χ2n) is 12.6. The number of unbranched alkanes of at least 4 members (excludes halogenated alkanes) is 1. The predicted molar refractivity (Wildman–Crippen MR) is 181 cm³/mol. The van der Waals surface area contributed by atoms with E-state index in [1.807, 2.05) is 30.3 Å². The number of ether oxygens (including phenoxy) is 1. The van der Waals surface area contributed by atoms with E-state index in [1.54, 1.807) is 12.1 Å². The quantitative estimate of drug-likeness (QED) is 0.0981. The third-order valence-corrected chi connectivity index (χ3v) is 9.32. The summed E-state index contributed by atoms with van der Waals surface area (Å²) in [5.74, 6) is -5.11. The summed E-state index contributed by atoms with van der Waals surface area (Å²) < 4.78 is 31.4. The normalized spacial score (nSPS) is 15.6. The molecule has 3 rings (SSSR count). The molecule has 50 heavy (non-hydrogen) atoms. The highest BCUT2D eigenvalue weighted by Gasteiger charge is 2.45. The van der Waals surface area contributed by atoms with Crippen LogP contribution in [0.3, 0.4) is 0 Å². The fourth-order valence-electron chi connectivity index (χ4n) is 5.96. The van der Waals surface area contributed by atoms with Crippen molar-refractivity contribution in [2.75, 3.05) is 19.3 Å². The molecule has 0 unspecified atom stereocenters. The zero-order chi connectivity index (χ0) is 36.7. The third-order valence-electron chi connectivity index (χ3n) is 8.61. The van der Waals surface area contributed by atoms with Crippen LogP contribution in [0.25, 0.3) is 0 Å². The topological polar surface area (TPSA) is 238 Å². The Labute approximate surface area is 291 Å². The Hall–Kier alpha value is -4.70. The summed E-state index contributed by atoms with van der Waals surface area (Å²) in [5, 5.41) is 37.1. The Balaban J connectivity index is 1.56. The summed E-state index contributed by atoms with van der Waals surface area (Å²) >= 11 is 0. The smallest absolute Gasteiger partial charge is 0.407 e. The molecule has 2 aromatic carbocycles. The maximum absolute atomic E-state index is 13.6. The minimum absolute atomic E-state index is 0.00559. The van der Waals surface area contributed by atoms with Gasteiger partial charge in [-0.25, -0.2) is 22.7 Å². The Morgan fingerprint density at radius 2 is 1.52 bits per heavy atom. The summed E-state index contributed by atoms with van der Waals surface area (Å²) in [5.41, 5.74) is 0.205. The minimum atomic E-state index is -3.83. The molecule has 2 aromatic rings. The van der Waals surface area contributed by atoms with Gasteiger partial charge in [-0.2, -0.15) is 0 Å². The molecule has 1 aliphatic rings. The van der Waals surface area contributed by atoms with Gasteiger partial charge in [-0.05, 0) is 61.8 Å². The van der Waals surface area contributed by atoms with E-state index < -0.39 is 69.8 Å². The SMILES string of the molecule is CS(=O)(=O)N[C@@H](CCCCNC(=O)OCc1ccccc1)C(=O)NC[C@H](CC1(C(=O)N[C@@H](Cc2ccc(O)cc2)C(=O)O)CCCC1)C(=O)O.